The van der Waals surface area contributed by atoms with Gasteiger partial charge in [0.05, 0.1) is 13.6 Å². The summed E-state index contributed by atoms with van der Waals surface area (Å²) in [5.41, 5.74) is 2.40. The van der Waals surface area contributed by atoms with Gasteiger partial charge in [0.1, 0.15) is 0 Å². The van der Waals surface area contributed by atoms with E-state index in [1.807, 2.05) is 0 Å². The molecule has 23 heavy (non-hydrogen) atoms. The summed E-state index contributed by atoms with van der Waals surface area (Å²) in [6, 6.07) is 9.05. The molecule has 1 atom stereocenters. The summed E-state index contributed by atoms with van der Waals surface area (Å²) < 4.78 is 0. The topological polar surface area (TPSA) is 37.3 Å². The molecule has 1 aromatic carbocycles. The Morgan fingerprint density at radius 1 is 1.00 bits per heavy atom. The summed E-state index contributed by atoms with van der Waals surface area (Å²) in [5.74, 6) is -0.835. The zero-order valence-electron chi connectivity index (χ0n) is 15.4. The third-order valence-corrected chi connectivity index (χ3v) is 9.18. The van der Waals surface area contributed by atoms with E-state index < -0.39 is 14.0 Å². The van der Waals surface area contributed by atoms with Crippen molar-refractivity contribution in [3.05, 3.63) is 35.4 Å². The van der Waals surface area contributed by atoms with Crippen LogP contribution in [0.5, 0.6) is 0 Å². The van der Waals surface area contributed by atoms with Gasteiger partial charge in [0.2, 0.25) is 0 Å². The molecule has 1 unspecified atom stereocenters. The van der Waals surface area contributed by atoms with Crippen LogP contribution in [0.4, 0.5) is 0 Å². The zero-order valence-corrected chi connectivity index (χ0v) is 16.4. The molecule has 0 spiro atoms. The van der Waals surface area contributed by atoms with E-state index in [-0.39, 0.29) is 0 Å². The molecule has 0 aliphatic heterocycles. The minimum absolute atomic E-state index is 0.394. The lowest BCUT2D eigenvalue weighted by molar-refractivity contribution is 0.0697. The Morgan fingerprint density at radius 3 is 2.13 bits per heavy atom. The van der Waals surface area contributed by atoms with Crippen LogP contribution in [-0.4, -0.2) is 19.1 Å². The fraction of sp³-hybridized carbons (Fsp3) is 0.650. The van der Waals surface area contributed by atoms with Crippen LogP contribution >= 0.6 is 0 Å². The summed E-state index contributed by atoms with van der Waals surface area (Å²) in [6.07, 6.45) is 9.07. The molecule has 1 N–H and O–H groups in total. The fourth-order valence-corrected chi connectivity index (χ4v) is 7.05. The average molecular weight is 335 g/mol. The first kappa shape index (κ1) is 20.0. The molecule has 0 aliphatic rings. The number of carboxylic acids is 1. The van der Waals surface area contributed by atoms with Gasteiger partial charge < -0.3 is 5.11 Å². The summed E-state index contributed by atoms with van der Waals surface area (Å²) in [6.45, 7) is 9.55. The minimum atomic E-state index is -1.35. The van der Waals surface area contributed by atoms with E-state index in [0.29, 0.717) is 11.1 Å². The van der Waals surface area contributed by atoms with Gasteiger partial charge in [-0.2, -0.15) is 0 Å². The minimum Gasteiger partial charge on any atom is -0.478 e. The van der Waals surface area contributed by atoms with Crippen molar-refractivity contribution < 1.29 is 9.90 Å². The fourth-order valence-electron chi connectivity index (χ4n) is 3.46. The van der Waals surface area contributed by atoms with Crippen LogP contribution in [0.15, 0.2) is 24.3 Å². The number of hydrogen-bond acceptors (Lipinski definition) is 1. The van der Waals surface area contributed by atoms with Crippen molar-refractivity contribution in [2.24, 2.45) is 0 Å². The monoisotopic (exact) mass is 334 g/mol. The molecular weight excluding hydrogens is 300 g/mol. The highest BCUT2D eigenvalue weighted by molar-refractivity contribution is 6.78. The second-order valence-corrected chi connectivity index (χ2v) is 12.6. The van der Waals surface area contributed by atoms with Gasteiger partial charge in [0.15, 0.2) is 0 Å². The summed E-state index contributed by atoms with van der Waals surface area (Å²) in [4.78, 5) is 11.1. The molecule has 0 bridgehead atoms. The second kappa shape index (κ2) is 9.92. The number of aromatic carboxylic acids is 1. The highest BCUT2D eigenvalue weighted by atomic mass is 28.3. The number of unbranched alkanes of at least 4 members (excludes halogenated alkanes) is 4. The van der Waals surface area contributed by atoms with Crippen LogP contribution in [0.2, 0.25) is 19.1 Å². The summed E-state index contributed by atoms with van der Waals surface area (Å²) in [7, 11) is -1.35. The van der Waals surface area contributed by atoms with Gasteiger partial charge >= 0.3 is 5.97 Å². The molecule has 0 aliphatic carbocycles. The Morgan fingerprint density at radius 2 is 1.61 bits per heavy atom. The van der Waals surface area contributed by atoms with Crippen molar-refractivity contribution >= 4 is 14.0 Å². The third-order valence-electron chi connectivity index (χ3n) is 5.02. The lowest BCUT2D eigenvalue weighted by Gasteiger charge is -2.33. The van der Waals surface area contributed by atoms with Crippen molar-refractivity contribution in [2.45, 2.75) is 83.5 Å². The number of benzene rings is 1. The Hall–Kier alpha value is -1.09. The maximum absolute atomic E-state index is 11.1. The van der Waals surface area contributed by atoms with E-state index in [1.54, 1.807) is 12.1 Å². The van der Waals surface area contributed by atoms with E-state index >= 15 is 0 Å². The Bertz CT molecular complexity index is 465. The van der Waals surface area contributed by atoms with Gasteiger partial charge in [0.25, 0.3) is 0 Å². The van der Waals surface area contributed by atoms with Gasteiger partial charge in [-0.1, -0.05) is 83.6 Å². The van der Waals surface area contributed by atoms with Crippen molar-refractivity contribution in [1.29, 1.82) is 0 Å². The molecule has 0 radical (unpaired) electrons. The van der Waals surface area contributed by atoms with Crippen molar-refractivity contribution in [2.75, 3.05) is 0 Å². The molecule has 0 heterocycles. The second-order valence-electron chi connectivity index (χ2n) is 7.42. The molecule has 0 saturated heterocycles. The first-order valence-corrected chi connectivity index (χ1v) is 12.5. The van der Waals surface area contributed by atoms with E-state index in [0.717, 1.165) is 0 Å². The van der Waals surface area contributed by atoms with Crippen LogP contribution in [0.1, 0.15) is 80.3 Å². The van der Waals surface area contributed by atoms with E-state index in [9.17, 15) is 4.79 Å². The number of hydrogen-bond donors (Lipinski definition) is 1. The summed E-state index contributed by atoms with van der Waals surface area (Å²) >= 11 is 0. The Balaban J connectivity index is 2.86. The van der Waals surface area contributed by atoms with Gasteiger partial charge in [-0.25, -0.2) is 4.79 Å². The largest absolute Gasteiger partial charge is 0.478 e. The molecule has 130 valence electrons. The number of carboxylic acid groups (broad SMARTS) is 1. The predicted octanol–water partition coefficient (Wildman–Crippen LogP) is 6.49. The molecule has 3 heteroatoms. The quantitative estimate of drug-likeness (QED) is 0.371. The number of rotatable bonds is 11. The Kier molecular flexibility index (Phi) is 8.60. The van der Waals surface area contributed by atoms with Crippen LogP contribution in [0.3, 0.4) is 0 Å². The highest BCUT2D eigenvalue weighted by Crippen LogP contribution is 2.36. The molecule has 0 saturated carbocycles. The van der Waals surface area contributed by atoms with E-state index in [1.165, 1.54) is 56.6 Å². The van der Waals surface area contributed by atoms with Gasteiger partial charge in [0, 0.05) is 0 Å². The molecule has 1 rings (SSSR count). The highest BCUT2D eigenvalue weighted by Gasteiger charge is 2.31. The van der Waals surface area contributed by atoms with Crippen LogP contribution in [0, 0.1) is 0 Å². The first-order chi connectivity index (χ1) is 10.9. The SMILES string of the molecule is CCCCCC[Si](C)(C)C(CCCC)c1ccc(C(=O)O)cc1. The molecule has 0 fully saturated rings. The Labute approximate surface area is 143 Å². The number of carbonyl (C=O) groups is 1. The van der Waals surface area contributed by atoms with Crippen molar-refractivity contribution in [3.8, 4) is 0 Å². The zero-order chi connectivity index (χ0) is 17.3. The van der Waals surface area contributed by atoms with Crippen molar-refractivity contribution in [1.82, 2.24) is 0 Å². The lowest BCUT2D eigenvalue weighted by atomic mass is 10.0. The molecular formula is C20H34O2Si. The maximum atomic E-state index is 11.1. The molecule has 0 amide bonds. The normalized spacial score (nSPS) is 13.0. The van der Waals surface area contributed by atoms with Crippen LogP contribution in [0.25, 0.3) is 0 Å². The van der Waals surface area contributed by atoms with Crippen LogP contribution in [-0.2, 0) is 0 Å². The average Bonchev–Trinajstić information content (AvgIpc) is 2.52. The molecule has 0 aromatic heterocycles. The molecule has 1 aromatic rings. The third kappa shape index (κ3) is 6.50. The lowest BCUT2D eigenvalue weighted by Crippen LogP contribution is -2.35. The molecule has 2 nitrogen and oxygen atoms in total. The van der Waals surface area contributed by atoms with Crippen LogP contribution < -0.4 is 0 Å². The maximum Gasteiger partial charge on any atom is 0.335 e. The predicted molar refractivity (Wildman–Crippen MR) is 102 cm³/mol. The first-order valence-electron chi connectivity index (χ1n) is 9.25. The standard InChI is InChI=1S/C20H34O2Si/c1-5-7-9-10-16-23(3,4)19(11-8-6-2)17-12-14-18(15-13-17)20(21)22/h12-15,19H,5-11,16H2,1-4H3,(H,21,22). The van der Waals surface area contributed by atoms with Crippen molar-refractivity contribution in [3.63, 3.8) is 0 Å². The van der Waals surface area contributed by atoms with Gasteiger partial charge in [-0.3, -0.25) is 0 Å². The summed E-state index contributed by atoms with van der Waals surface area (Å²) in [5, 5.41) is 9.09. The smallest absolute Gasteiger partial charge is 0.335 e. The van der Waals surface area contributed by atoms with Gasteiger partial charge in [-0.15, -0.1) is 0 Å². The van der Waals surface area contributed by atoms with E-state index in [4.69, 9.17) is 5.11 Å². The van der Waals surface area contributed by atoms with E-state index in [2.05, 4.69) is 39.1 Å². The van der Waals surface area contributed by atoms with Gasteiger partial charge in [-0.05, 0) is 29.7 Å².